The Bertz CT molecular complexity index is 607. The number of ether oxygens (including phenoxy) is 1. The molecule has 2 aromatic rings. The molecule has 1 aliphatic rings. The van der Waals surface area contributed by atoms with Gasteiger partial charge in [0.15, 0.2) is 0 Å². The molecule has 4 heteroatoms. The third kappa shape index (κ3) is 2.58. The van der Waals surface area contributed by atoms with Crippen molar-refractivity contribution in [2.75, 3.05) is 13.7 Å². The van der Waals surface area contributed by atoms with Gasteiger partial charge in [-0.25, -0.2) is 4.98 Å². The van der Waals surface area contributed by atoms with Crippen molar-refractivity contribution in [2.24, 2.45) is 0 Å². The minimum absolute atomic E-state index is 0.886. The van der Waals surface area contributed by atoms with Gasteiger partial charge < -0.3 is 10.1 Å². The van der Waals surface area contributed by atoms with Crippen molar-refractivity contribution >= 4 is 11.3 Å². The largest absolute Gasteiger partial charge is 0.497 e. The number of benzene rings is 1. The standard InChI is InChI=1S/C16H20N2OS/c1-3-8-17-10-15-18-16-13-6-5-12(19-2)9-11(13)4-7-14(16)20-15/h5-6,9,17H,3-4,7-8,10H2,1-2H3. The molecule has 1 heterocycles. The monoisotopic (exact) mass is 288 g/mol. The number of aromatic nitrogens is 1. The van der Waals surface area contributed by atoms with E-state index in [1.807, 2.05) is 17.4 Å². The van der Waals surface area contributed by atoms with Crippen LogP contribution in [-0.2, 0) is 19.4 Å². The molecule has 3 rings (SSSR count). The SMILES string of the molecule is CCCNCc1nc2c(s1)CCc1cc(OC)ccc1-2. The molecule has 20 heavy (non-hydrogen) atoms. The zero-order chi connectivity index (χ0) is 13.9. The predicted octanol–water partition coefficient (Wildman–Crippen LogP) is 3.42. The second-order valence-electron chi connectivity index (χ2n) is 5.08. The van der Waals surface area contributed by atoms with Crippen LogP contribution in [0.3, 0.4) is 0 Å². The van der Waals surface area contributed by atoms with Crippen LogP contribution in [0.4, 0.5) is 0 Å². The minimum atomic E-state index is 0.886. The molecular weight excluding hydrogens is 268 g/mol. The molecule has 0 fully saturated rings. The van der Waals surface area contributed by atoms with Crippen molar-refractivity contribution in [3.63, 3.8) is 0 Å². The van der Waals surface area contributed by atoms with Crippen LogP contribution in [0.1, 0.15) is 28.8 Å². The number of fused-ring (bicyclic) bond motifs is 3. The molecule has 0 radical (unpaired) electrons. The maximum atomic E-state index is 5.31. The van der Waals surface area contributed by atoms with Gasteiger partial charge in [-0.1, -0.05) is 6.92 Å². The minimum Gasteiger partial charge on any atom is -0.497 e. The van der Waals surface area contributed by atoms with Crippen LogP contribution in [0.2, 0.25) is 0 Å². The predicted molar refractivity (Wildman–Crippen MR) is 83.5 cm³/mol. The summed E-state index contributed by atoms with van der Waals surface area (Å²) in [5.74, 6) is 0.937. The van der Waals surface area contributed by atoms with Crippen molar-refractivity contribution in [2.45, 2.75) is 32.7 Å². The molecule has 0 unspecified atom stereocenters. The smallest absolute Gasteiger partial charge is 0.119 e. The van der Waals surface area contributed by atoms with Crippen LogP contribution in [0.15, 0.2) is 18.2 Å². The summed E-state index contributed by atoms with van der Waals surface area (Å²) in [4.78, 5) is 6.26. The van der Waals surface area contributed by atoms with Crippen molar-refractivity contribution in [3.05, 3.63) is 33.6 Å². The average Bonchev–Trinajstić information content (AvgIpc) is 2.90. The lowest BCUT2D eigenvalue weighted by Crippen LogP contribution is -2.13. The van der Waals surface area contributed by atoms with Gasteiger partial charge in [0.05, 0.1) is 12.8 Å². The molecule has 1 aromatic carbocycles. The second kappa shape index (κ2) is 5.94. The van der Waals surface area contributed by atoms with Gasteiger partial charge in [0, 0.05) is 17.0 Å². The second-order valence-corrected chi connectivity index (χ2v) is 6.25. The lowest BCUT2D eigenvalue weighted by Gasteiger charge is -2.15. The summed E-state index contributed by atoms with van der Waals surface area (Å²) in [6.45, 7) is 4.12. The first-order valence-corrected chi connectivity index (χ1v) is 8.00. The molecule has 0 atom stereocenters. The first kappa shape index (κ1) is 13.6. The Labute approximate surface area is 124 Å². The van der Waals surface area contributed by atoms with Crippen molar-refractivity contribution in [1.82, 2.24) is 10.3 Å². The van der Waals surface area contributed by atoms with Crippen LogP contribution in [0.5, 0.6) is 5.75 Å². The highest BCUT2D eigenvalue weighted by Crippen LogP contribution is 2.37. The number of thiazole rings is 1. The van der Waals surface area contributed by atoms with Crippen molar-refractivity contribution in [3.8, 4) is 17.0 Å². The number of methoxy groups -OCH3 is 1. The summed E-state index contributed by atoms with van der Waals surface area (Å²) >= 11 is 1.85. The summed E-state index contributed by atoms with van der Waals surface area (Å²) in [5, 5.41) is 4.63. The van der Waals surface area contributed by atoms with Gasteiger partial charge >= 0.3 is 0 Å². The molecule has 3 nitrogen and oxygen atoms in total. The Morgan fingerprint density at radius 2 is 2.25 bits per heavy atom. The lowest BCUT2D eigenvalue weighted by atomic mass is 9.93. The molecule has 0 saturated carbocycles. The molecule has 0 spiro atoms. The summed E-state index contributed by atoms with van der Waals surface area (Å²) in [6, 6.07) is 6.32. The lowest BCUT2D eigenvalue weighted by molar-refractivity contribution is 0.414. The van der Waals surface area contributed by atoms with E-state index in [9.17, 15) is 0 Å². The zero-order valence-corrected chi connectivity index (χ0v) is 12.8. The fraction of sp³-hybridized carbons (Fsp3) is 0.438. The third-order valence-electron chi connectivity index (χ3n) is 3.63. The van der Waals surface area contributed by atoms with E-state index in [2.05, 4.69) is 24.4 Å². The van der Waals surface area contributed by atoms with Gasteiger partial charge in [-0.2, -0.15) is 0 Å². The number of rotatable bonds is 5. The van der Waals surface area contributed by atoms with Crippen molar-refractivity contribution in [1.29, 1.82) is 0 Å². The van der Waals surface area contributed by atoms with E-state index < -0.39 is 0 Å². The average molecular weight is 288 g/mol. The van der Waals surface area contributed by atoms with E-state index in [1.54, 1.807) is 7.11 Å². The highest BCUT2D eigenvalue weighted by Gasteiger charge is 2.21. The molecule has 0 aliphatic heterocycles. The Morgan fingerprint density at radius 1 is 1.35 bits per heavy atom. The Morgan fingerprint density at radius 3 is 3.05 bits per heavy atom. The molecule has 0 amide bonds. The Balaban J connectivity index is 1.87. The van der Waals surface area contributed by atoms with Gasteiger partial charge in [0.25, 0.3) is 0 Å². The van der Waals surface area contributed by atoms with Gasteiger partial charge in [0.1, 0.15) is 10.8 Å². The highest BCUT2D eigenvalue weighted by atomic mass is 32.1. The highest BCUT2D eigenvalue weighted by molar-refractivity contribution is 7.12. The Kier molecular flexibility index (Phi) is 4.03. The van der Waals surface area contributed by atoms with Crippen LogP contribution in [0, 0.1) is 0 Å². The van der Waals surface area contributed by atoms with Gasteiger partial charge in [-0.3, -0.25) is 0 Å². The molecule has 1 aliphatic carbocycles. The zero-order valence-electron chi connectivity index (χ0n) is 12.0. The summed E-state index contributed by atoms with van der Waals surface area (Å²) in [7, 11) is 1.72. The maximum Gasteiger partial charge on any atom is 0.119 e. The van der Waals surface area contributed by atoms with Crippen LogP contribution < -0.4 is 10.1 Å². The number of hydrogen-bond acceptors (Lipinski definition) is 4. The first-order valence-electron chi connectivity index (χ1n) is 7.18. The maximum absolute atomic E-state index is 5.31. The first-order chi connectivity index (χ1) is 9.81. The Hall–Kier alpha value is -1.39. The molecular formula is C16H20N2OS. The number of nitrogens with zero attached hydrogens (tertiary/aromatic N) is 1. The van der Waals surface area contributed by atoms with Gasteiger partial charge in [-0.15, -0.1) is 11.3 Å². The van der Waals surface area contributed by atoms with Crippen LogP contribution in [0.25, 0.3) is 11.3 Å². The van der Waals surface area contributed by atoms with Crippen molar-refractivity contribution < 1.29 is 4.74 Å². The van der Waals surface area contributed by atoms with E-state index in [0.717, 1.165) is 38.1 Å². The molecule has 0 saturated heterocycles. The van der Waals surface area contributed by atoms with Crippen LogP contribution >= 0.6 is 11.3 Å². The topological polar surface area (TPSA) is 34.2 Å². The molecule has 106 valence electrons. The van der Waals surface area contributed by atoms with Gasteiger partial charge in [0.2, 0.25) is 0 Å². The van der Waals surface area contributed by atoms with E-state index in [4.69, 9.17) is 9.72 Å². The number of nitrogens with one attached hydrogen (secondary N) is 1. The quantitative estimate of drug-likeness (QED) is 0.856. The summed E-state index contributed by atoms with van der Waals surface area (Å²) < 4.78 is 5.31. The fourth-order valence-corrected chi connectivity index (χ4v) is 3.66. The molecule has 1 N–H and O–H groups in total. The fourth-order valence-electron chi connectivity index (χ4n) is 2.61. The molecule has 1 aromatic heterocycles. The van der Waals surface area contributed by atoms with Crippen LogP contribution in [-0.4, -0.2) is 18.6 Å². The van der Waals surface area contributed by atoms with E-state index in [0.29, 0.717) is 0 Å². The normalized spacial score (nSPS) is 12.9. The summed E-state index contributed by atoms with van der Waals surface area (Å²) in [6.07, 6.45) is 3.35. The third-order valence-corrected chi connectivity index (χ3v) is 4.75. The van der Waals surface area contributed by atoms with E-state index in [1.165, 1.54) is 26.7 Å². The number of hydrogen-bond donors (Lipinski definition) is 1. The van der Waals surface area contributed by atoms with Gasteiger partial charge in [-0.05, 0) is 49.6 Å². The van der Waals surface area contributed by atoms with E-state index >= 15 is 0 Å². The number of aryl methyl sites for hydroxylation is 2. The summed E-state index contributed by atoms with van der Waals surface area (Å²) in [5.41, 5.74) is 3.83. The van der Waals surface area contributed by atoms with E-state index in [-0.39, 0.29) is 0 Å². The molecule has 0 bridgehead atoms.